The van der Waals surface area contributed by atoms with E-state index in [9.17, 15) is 10.1 Å². The third kappa shape index (κ3) is 2.92. The molecule has 19 heavy (non-hydrogen) atoms. The van der Waals surface area contributed by atoms with Crippen LogP contribution in [0.3, 0.4) is 0 Å². The van der Waals surface area contributed by atoms with Gasteiger partial charge in [-0.05, 0) is 38.0 Å². The van der Waals surface area contributed by atoms with E-state index in [1.807, 2.05) is 0 Å². The molecule has 2 aliphatic rings. The van der Waals surface area contributed by atoms with E-state index >= 15 is 0 Å². The predicted molar refractivity (Wildman–Crippen MR) is 74.1 cm³/mol. The van der Waals surface area contributed by atoms with E-state index in [2.05, 4.69) is 13.0 Å². The van der Waals surface area contributed by atoms with Crippen molar-refractivity contribution in [1.29, 1.82) is 5.26 Å². The molecule has 106 valence electrons. The van der Waals surface area contributed by atoms with Gasteiger partial charge >= 0.3 is 0 Å². The largest absolute Gasteiger partial charge is 0.322 e. The zero-order valence-corrected chi connectivity index (χ0v) is 11.8. The first-order valence-corrected chi connectivity index (χ1v) is 7.66. The van der Waals surface area contributed by atoms with Gasteiger partial charge in [-0.2, -0.15) is 5.26 Å². The van der Waals surface area contributed by atoms with Gasteiger partial charge in [-0.25, -0.2) is 0 Å². The highest BCUT2D eigenvalue weighted by molar-refractivity contribution is 5.83. The van der Waals surface area contributed by atoms with Crippen molar-refractivity contribution in [2.75, 3.05) is 0 Å². The maximum absolute atomic E-state index is 12.6. The number of rotatable bonds is 3. The van der Waals surface area contributed by atoms with Crippen molar-refractivity contribution in [2.45, 2.75) is 76.4 Å². The molecule has 0 aromatic heterocycles. The van der Waals surface area contributed by atoms with Gasteiger partial charge in [0.2, 0.25) is 5.91 Å². The van der Waals surface area contributed by atoms with Crippen LogP contribution in [0, 0.1) is 17.2 Å². The fourth-order valence-electron chi connectivity index (χ4n) is 3.61. The summed E-state index contributed by atoms with van der Waals surface area (Å²) in [7, 11) is 0. The summed E-state index contributed by atoms with van der Waals surface area (Å²) in [6.07, 6.45) is 8.43. The standard InChI is InChI=1S/C15H25N3O/c1-2-12-8-9-13(10-16)18(12)15(19)14(17)11-6-4-3-5-7-11/h11-14H,2-9,17H2,1H3/t12-,13?,14+/m1/s1. The van der Waals surface area contributed by atoms with Gasteiger partial charge in [0.25, 0.3) is 0 Å². The quantitative estimate of drug-likeness (QED) is 0.848. The van der Waals surface area contributed by atoms with Gasteiger partial charge in [0.05, 0.1) is 12.1 Å². The number of nitrogens with two attached hydrogens (primary N) is 1. The smallest absolute Gasteiger partial charge is 0.241 e. The average molecular weight is 263 g/mol. The molecular formula is C15H25N3O. The number of likely N-dealkylation sites (tertiary alicyclic amines) is 1. The molecular weight excluding hydrogens is 238 g/mol. The summed E-state index contributed by atoms with van der Waals surface area (Å²) in [5.41, 5.74) is 6.20. The van der Waals surface area contributed by atoms with Crippen LogP contribution < -0.4 is 5.73 Å². The van der Waals surface area contributed by atoms with E-state index in [1.54, 1.807) is 4.90 Å². The van der Waals surface area contributed by atoms with Crippen LogP contribution in [0.15, 0.2) is 0 Å². The Hall–Kier alpha value is -1.08. The molecule has 2 fully saturated rings. The number of carbonyl (C=O) groups excluding carboxylic acids is 1. The topological polar surface area (TPSA) is 70.1 Å². The van der Waals surface area contributed by atoms with E-state index in [0.717, 1.165) is 32.1 Å². The zero-order chi connectivity index (χ0) is 13.8. The number of amides is 1. The first kappa shape index (κ1) is 14.3. The molecule has 0 aromatic carbocycles. The van der Waals surface area contributed by atoms with Crippen LogP contribution in [0.1, 0.15) is 58.3 Å². The van der Waals surface area contributed by atoms with Crippen molar-refractivity contribution in [3.8, 4) is 6.07 Å². The minimum atomic E-state index is -0.400. The van der Waals surface area contributed by atoms with Crippen LogP contribution in [0.5, 0.6) is 0 Å². The number of hydrogen-bond acceptors (Lipinski definition) is 3. The van der Waals surface area contributed by atoms with Crippen LogP contribution >= 0.6 is 0 Å². The molecule has 4 heteroatoms. The summed E-state index contributed by atoms with van der Waals surface area (Å²) in [5.74, 6) is 0.335. The van der Waals surface area contributed by atoms with Crippen LogP contribution in [0.2, 0.25) is 0 Å². The Morgan fingerprint density at radius 3 is 2.58 bits per heavy atom. The first-order chi connectivity index (χ1) is 9.19. The normalized spacial score (nSPS) is 30.1. The highest BCUT2D eigenvalue weighted by atomic mass is 16.2. The summed E-state index contributed by atoms with van der Waals surface area (Å²) in [6.45, 7) is 2.08. The lowest BCUT2D eigenvalue weighted by Crippen LogP contribution is -2.52. The number of nitriles is 1. The predicted octanol–water partition coefficient (Wildman–Crippen LogP) is 2.19. The Labute approximate surface area is 115 Å². The minimum absolute atomic E-state index is 0.0165. The fraction of sp³-hybridized carbons (Fsp3) is 0.867. The van der Waals surface area contributed by atoms with Gasteiger partial charge in [0.15, 0.2) is 0 Å². The first-order valence-electron chi connectivity index (χ1n) is 7.66. The Balaban J connectivity index is 2.05. The molecule has 4 nitrogen and oxygen atoms in total. The minimum Gasteiger partial charge on any atom is -0.322 e. The van der Waals surface area contributed by atoms with Gasteiger partial charge in [-0.3, -0.25) is 4.79 Å². The summed E-state index contributed by atoms with van der Waals surface area (Å²) in [5, 5.41) is 9.21. The third-order valence-corrected chi connectivity index (χ3v) is 4.82. The maximum Gasteiger partial charge on any atom is 0.241 e. The lowest BCUT2D eigenvalue weighted by atomic mass is 9.83. The third-order valence-electron chi connectivity index (χ3n) is 4.82. The second-order valence-electron chi connectivity index (χ2n) is 5.95. The van der Waals surface area contributed by atoms with Gasteiger partial charge in [0.1, 0.15) is 6.04 Å². The van der Waals surface area contributed by atoms with Crippen molar-refractivity contribution in [1.82, 2.24) is 4.90 Å². The summed E-state index contributed by atoms with van der Waals surface area (Å²) >= 11 is 0. The lowest BCUT2D eigenvalue weighted by Gasteiger charge is -2.33. The molecule has 1 amide bonds. The number of nitrogens with zero attached hydrogens (tertiary/aromatic N) is 2. The molecule has 0 radical (unpaired) electrons. The van der Waals surface area contributed by atoms with E-state index in [4.69, 9.17) is 5.73 Å². The van der Waals surface area contributed by atoms with Crippen molar-refractivity contribution in [2.24, 2.45) is 11.7 Å². The number of carbonyl (C=O) groups is 1. The molecule has 1 aliphatic carbocycles. The fourth-order valence-corrected chi connectivity index (χ4v) is 3.61. The van der Waals surface area contributed by atoms with Crippen molar-refractivity contribution in [3.63, 3.8) is 0 Å². The Morgan fingerprint density at radius 1 is 1.32 bits per heavy atom. The molecule has 1 aliphatic heterocycles. The van der Waals surface area contributed by atoms with Gasteiger partial charge in [-0.15, -0.1) is 0 Å². The van der Waals surface area contributed by atoms with Crippen molar-refractivity contribution < 1.29 is 4.79 Å². The lowest BCUT2D eigenvalue weighted by molar-refractivity contribution is -0.136. The second kappa shape index (κ2) is 6.38. The van der Waals surface area contributed by atoms with E-state index in [-0.39, 0.29) is 18.0 Å². The summed E-state index contributed by atoms with van der Waals surface area (Å²) in [4.78, 5) is 14.4. The Kier molecular flexibility index (Phi) is 4.81. The van der Waals surface area contributed by atoms with Crippen LogP contribution in [-0.4, -0.2) is 28.9 Å². The van der Waals surface area contributed by atoms with E-state index in [1.165, 1.54) is 19.3 Å². The summed E-state index contributed by atoms with van der Waals surface area (Å²) in [6, 6.07) is 1.82. The maximum atomic E-state index is 12.6. The molecule has 2 rings (SSSR count). The molecule has 1 unspecified atom stereocenters. The molecule has 1 saturated carbocycles. The monoisotopic (exact) mass is 263 g/mol. The van der Waals surface area contributed by atoms with Crippen LogP contribution in [0.4, 0.5) is 0 Å². The molecule has 0 aromatic rings. The highest BCUT2D eigenvalue weighted by Gasteiger charge is 2.39. The van der Waals surface area contributed by atoms with Crippen LogP contribution in [-0.2, 0) is 4.79 Å². The highest BCUT2D eigenvalue weighted by Crippen LogP contribution is 2.31. The zero-order valence-electron chi connectivity index (χ0n) is 11.8. The van der Waals surface area contributed by atoms with Crippen molar-refractivity contribution in [3.05, 3.63) is 0 Å². The molecule has 3 atom stereocenters. The van der Waals surface area contributed by atoms with Crippen molar-refractivity contribution >= 4 is 5.91 Å². The Morgan fingerprint density at radius 2 is 2.00 bits per heavy atom. The molecule has 1 heterocycles. The second-order valence-corrected chi connectivity index (χ2v) is 5.95. The molecule has 1 saturated heterocycles. The summed E-state index contributed by atoms with van der Waals surface area (Å²) < 4.78 is 0. The SMILES string of the molecule is CC[C@@H]1CCC(C#N)N1C(=O)[C@@H](N)C1CCCCC1. The van der Waals surface area contributed by atoms with E-state index < -0.39 is 6.04 Å². The number of hydrogen-bond donors (Lipinski definition) is 1. The average Bonchev–Trinajstić information content (AvgIpc) is 2.89. The molecule has 0 bridgehead atoms. The Bertz CT molecular complexity index is 357. The van der Waals surface area contributed by atoms with Gasteiger partial charge < -0.3 is 10.6 Å². The van der Waals surface area contributed by atoms with Gasteiger partial charge in [-0.1, -0.05) is 26.2 Å². The molecule has 2 N–H and O–H groups in total. The van der Waals surface area contributed by atoms with Crippen LogP contribution in [0.25, 0.3) is 0 Å². The van der Waals surface area contributed by atoms with E-state index in [0.29, 0.717) is 5.92 Å². The van der Waals surface area contributed by atoms with Gasteiger partial charge in [0, 0.05) is 6.04 Å². The molecule has 0 spiro atoms.